The molecule has 1 rings (SSSR count). The molecule has 0 aliphatic rings. The number of likely N-dealkylation sites (N-methyl/N-ethyl adjacent to an activating group) is 1. The normalized spacial score (nSPS) is 11.5. The summed E-state index contributed by atoms with van der Waals surface area (Å²) in [5.41, 5.74) is 0. The first kappa shape index (κ1) is 10.7. The zero-order valence-electron chi connectivity index (χ0n) is 7.45. The van der Waals surface area contributed by atoms with Gasteiger partial charge in [0.1, 0.15) is 0 Å². The molecule has 0 spiro atoms. The minimum atomic E-state index is 0.0257. The Balaban J connectivity index is 2.78. The van der Waals surface area contributed by atoms with Crippen molar-refractivity contribution in [1.29, 1.82) is 0 Å². The third-order valence-electron chi connectivity index (χ3n) is 1.45. The molecule has 0 unspecified atom stereocenters. The van der Waals surface area contributed by atoms with E-state index in [1.807, 2.05) is 17.5 Å². The third kappa shape index (κ3) is 3.11. The van der Waals surface area contributed by atoms with E-state index in [2.05, 4.69) is 22.6 Å². The van der Waals surface area contributed by atoms with Crippen molar-refractivity contribution < 1.29 is 4.79 Å². The van der Waals surface area contributed by atoms with Crippen LogP contribution in [-0.4, -0.2) is 24.9 Å². The van der Waals surface area contributed by atoms with Gasteiger partial charge in [0.05, 0.1) is 0 Å². The molecule has 0 saturated heterocycles. The topological polar surface area (TPSA) is 20.3 Å². The highest BCUT2D eigenvalue weighted by molar-refractivity contribution is 14.1. The van der Waals surface area contributed by atoms with Crippen LogP contribution in [0.1, 0.15) is 4.88 Å². The Hall–Kier alpha value is -0.360. The van der Waals surface area contributed by atoms with Crippen molar-refractivity contribution in [3.63, 3.8) is 0 Å². The quantitative estimate of drug-likeness (QED) is 0.607. The van der Waals surface area contributed by atoms with Gasteiger partial charge < -0.3 is 4.90 Å². The number of amides is 1. The average molecular weight is 307 g/mol. The first-order chi connectivity index (χ1) is 6.11. The van der Waals surface area contributed by atoms with E-state index in [4.69, 9.17) is 0 Å². The molecule has 1 aromatic rings. The number of carbonyl (C=O) groups excluding carboxylic acids is 1. The van der Waals surface area contributed by atoms with Crippen LogP contribution in [0.5, 0.6) is 0 Å². The molecule has 13 heavy (non-hydrogen) atoms. The first-order valence-electron chi connectivity index (χ1n) is 3.73. The number of halogens is 1. The molecule has 0 N–H and O–H groups in total. The van der Waals surface area contributed by atoms with Gasteiger partial charge in [-0.2, -0.15) is 0 Å². The van der Waals surface area contributed by atoms with Gasteiger partial charge in [-0.3, -0.25) is 4.79 Å². The van der Waals surface area contributed by atoms with Crippen LogP contribution in [0.15, 0.2) is 23.6 Å². The lowest BCUT2D eigenvalue weighted by molar-refractivity contribution is -0.123. The summed E-state index contributed by atoms with van der Waals surface area (Å²) in [6.07, 6.45) is 1.65. The van der Waals surface area contributed by atoms with Gasteiger partial charge in [0, 0.05) is 28.6 Å². The maximum absolute atomic E-state index is 11.3. The molecule has 0 bridgehead atoms. The maximum Gasteiger partial charge on any atom is 0.247 e. The summed E-state index contributed by atoms with van der Waals surface area (Å²) in [5, 5.41) is 2.00. The Morgan fingerprint density at radius 1 is 1.62 bits per heavy atom. The van der Waals surface area contributed by atoms with E-state index in [1.165, 1.54) is 0 Å². The molecule has 0 aliphatic carbocycles. The van der Waals surface area contributed by atoms with Crippen LogP contribution in [0.3, 0.4) is 0 Å². The van der Waals surface area contributed by atoms with E-state index < -0.39 is 0 Å². The van der Waals surface area contributed by atoms with E-state index in [9.17, 15) is 4.79 Å². The predicted octanol–water partition coefficient (Wildman–Crippen LogP) is 2.61. The SMILES string of the molecule is CN(C)C(=O)/C=C(\I)c1cccs1. The number of nitrogens with zero attached hydrogens (tertiary/aromatic N) is 1. The molecule has 1 amide bonds. The average Bonchev–Trinajstić information content (AvgIpc) is 2.55. The summed E-state index contributed by atoms with van der Waals surface area (Å²) < 4.78 is 0.992. The monoisotopic (exact) mass is 307 g/mol. The molecule has 0 saturated carbocycles. The van der Waals surface area contributed by atoms with Crippen molar-refractivity contribution in [1.82, 2.24) is 4.90 Å². The van der Waals surface area contributed by atoms with Crippen LogP contribution in [0.4, 0.5) is 0 Å². The molecule has 0 radical (unpaired) electrons. The second-order valence-corrected chi connectivity index (χ2v) is 4.81. The van der Waals surface area contributed by atoms with E-state index in [0.717, 1.165) is 8.46 Å². The minimum Gasteiger partial charge on any atom is -0.345 e. The number of thiophene rings is 1. The summed E-state index contributed by atoms with van der Waals surface area (Å²) in [7, 11) is 3.49. The lowest BCUT2D eigenvalue weighted by Crippen LogP contribution is -2.18. The van der Waals surface area contributed by atoms with Gasteiger partial charge >= 0.3 is 0 Å². The Bertz CT molecular complexity index is 316. The van der Waals surface area contributed by atoms with Crippen molar-refractivity contribution in [2.24, 2.45) is 0 Å². The van der Waals surface area contributed by atoms with Gasteiger partial charge in [0.15, 0.2) is 0 Å². The van der Waals surface area contributed by atoms with E-state index >= 15 is 0 Å². The summed E-state index contributed by atoms with van der Waals surface area (Å²) in [4.78, 5) is 14.0. The van der Waals surface area contributed by atoms with E-state index in [0.29, 0.717) is 0 Å². The lowest BCUT2D eigenvalue weighted by atomic mass is 10.4. The fraction of sp³-hybridized carbons (Fsp3) is 0.222. The van der Waals surface area contributed by atoms with Crippen molar-refractivity contribution in [2.45, 2.75) is 0 Å². The van der Waals surface area contributed by atoms with E-state index in [1.54, 1.807) is 36.4 Å². The highest BCUT2D eigenvalue weighted by Crippen LogP contribution is 2.25. The standard InChI is InChI=1S/C9H10INOS/c1-11(2)9(12)6-7(10)8-4-3-5-13-8/h3-6H,1-2H3/b7-6-. The van der Waals surface area contributed by atoms with Gasteiger partial charge in [-0.05, 0) is 34.0 Å². The summed E-state index contributed by atoms with van der Waals surface area (Å²) >= 11 is 3.81. The zero-order chi connectivity index (χ0) is 9.84. The molecular weight excluding hydrogens is 297 g/mol. The Morgan fingerprint density at radius 3 is 2.77 bits per heavy atom. The second kappa shape index (κ2) is 4.76. The Morgan fingerprint density at radius 2 is 2.31 bits per heavy atom. The maximum atomic E-state index is 11.3. The molecule has 0 aromatic carbocycles. The van der Waals surface area contributed by atoms with Crippen molar-refractivity contribution >= 4 is 43.4 Å². The third-order valence-corrected chi connectivity index (χ3v) is 3.61. The lowest BCUT2D eigenvalue weighted by Gasteiger charge is -2.06. The molecule has 70 valence electrons. The van der Waals surface area contributed by atoms with Crippen LogP contribution in [-0.2, 0) is 4.79 Å². The molecule has 4 heteroatoms. The van der Waals surface area contributed by atoms with Gasteiger partial charge in [-0.1, -0.05) is 6.07 Å². The highest BCUT2D eigenvalue weighted by atomic mass is 127. The van der Waals surface area contributed by atoms with Gasteiger partial charge in [-0.15, -0.1) is 11.3 Å². The number of hydrogen-bond donors (Lipinski definition) is 0. The van der Waals surface area contributed by atoms with Crippen LogP contribution in [0.25, 0.3) is 3.58 Å². The number of carbonyl (C=O) groups is 1. The Labute approximate surface area is 95.4 Å². The number of rotatable bonds is 2. The van der Waals surface area contributed by atoms with Crippen LogP contribution >= 0.6 is 33.9 Å². The first-order valence-corrected chi connectivity index (χ1v) is 5.69. The molecular formula is C9H10INOS. The zero-order valence-corrected chi connectivity index (χ0v) is 10.4. The molecule has 1 heterocycles. The summed E-state index contributed by atoms with van der Waals surface area (Å²) in [6, 6.07) is 3.98. The van der Waals surface area contributed by atoms with E-state index in [-0.39, 0.29) is 5.91 Å². The molecule has 2 nitrogen and oxygen atoms in total. The number of hydrogen-bond acceptors (Lipinski definition) is 2. The predicted molar refractivity (Wildman–Crippen MR) is 65.0 cm³/mol. The fourth-order valence-electron chi connectivity index (χ4n) is 0.723. The fourth-order valence-corrected chi connectivity index (χ4v) is 2.18. The van der Waals surface area contributed by atoms with Crippen molar-refractivity contribution in [2.75, 3.05) is 14.1 Å². The summed E-state index contributed by atoms with van der Waals surface area (Å²) in [6.45, 7) is 0. The highest BCUT2D eigenvalue weighted by Gasteiger charge is 2.03. The molecule has 0 atom stereocenters. The molecule has 0 fully saturated rings. The van der Waals surface area contributed by atoms with Crippen LogP contribution in [0, 0.1) is 0 Å². The van der Waals surface area contributed by atoms with Gasteiger partial charge in [0.25, 0.3) is 0 Å². The van der Waals surface area contributed by atoms with Crippen LogP contribution in [0.2, 0.25) is 0 Å². The summed E-state index contributed by atoms with van der Waals surface area (Å²) in [5.74, 6) is 0.0257. The van der Waals surface area contributed by atoms with Gasteiger partial charge in [-0.25, -0.2) is 0 Å². The van der Waals surface area contributed by atoms with Crippen LogP contribution < -0.4 is 0 Å². The largest absolute Gasteiger partial charge is 0.345 e. The van der Waals surface area contributed by atoms with Crippen molar-refractivity contribution in [3.05, 3.63) is 28.5 Å². The second-order valence-electron chi connectivity index (χ2n) is 2.70. The molecule has 1 aromatic heterocycles. The van der Waals surface area contributed by atoms with Gasteiger partial charge in [0.2, 0.25) is 5.91 Å². The minimum absolute atomic E-state index is 0.0257. The van der Waals surface area contributed by atoms with Crippen molar-refractivity contribution in [3.8, 4) is 0 Å². The molecule has 0 aliphatic heterocycles. The smallest absolute Gasteiger partial charge is 0.247 e. The Kier molecular flexibility index (Phi) is 3.92.